The van der Waals surface area contributed by atoms with Crippen LogP contribution < -0.4 is 0 Å². The smallest absolute Gasteiger partial charge is 0.101 e. The molecule has 0 fully saturated rings. The monoisotopic (exact) mass is 222 g/mol. The van der Waals surface area contributed by atoms with Crippen LogP contribution in [0.2, 0.25) is 0 Å². The summed E-state index contributed by atoms with van der Waals surface area (Å²) in [6.07, 6.45) is 0. The van der Waals surface area contributed by atoms with Gasteiger partial charge in [0.25, 0.3) is 0 Å². The van der Waals surface area contributed by atoms with Crippen molar-refractivity contribution in [2.45, 2.75) is 20.8 Å². The van der Waals surface area contributed by atoms with Gasteiger partial charge in [-0.15, -0.1) is 0 Å². The molecule has 2 nitrogen and oxygen atoms in total. The molecule has 0 bridgehead atoms. The molecular formula is C15H14N2. The van der Waals surface area contributed by atoms with Gasteiger partial charge in [-0.3, -0.25) is 4.98 Å². The zero-order valence-corrected chi connectivity index (χ0v) is 10.3. The van der Waals surface area contributed by atoms with Gasteiger partial charge in [-0.1, -0.05) is 12.1 Å². The summed E-state index contributed by atoms with van der Waals surface area (Å²) in [5.41, 5.74) is 5.97. The second-order valence-electron chi connectivity index (χ2n) is 4.24. The molecule has 0 atom stereocenters. The molecule has 0 unspecified atom stereocenters. The van der Waals surface area contributed by atoms with Gasteiger partial charge in [0.15, 0.2) is 0 Å². The van der Waals surface area contributed by atoms with Gasteiger partial charge < -0.3 is 0 Å². The highest BCUT2D eigenvalue weighted by Gasteiger charge is 2.04. The van der Waals surface area contributed by atoms with Crippen molar-refractivity contribution < 1.29 is 0 Å². The molecule has 2 aromatic rings. The highest BCUT2D eigenvalue weighted by molar-refractivity contribution is 5.62. The molecule has 84 valence electrons. The fraction of sp³-hybridized carbons (Fsp3) is 0.200. The Kier molecular flexibility index (Phi) is 2.93. The molecule has 0 spiro atoms. The molecule has 0 amide bonds. The minimum Gasteiger partial charge on any atom is -0.252 e. The average Bonchev–Trinajstić information content (AvgIpc) is 2.32. The normalized spacial score (nSPS) is 10.0. The van der Waals surface area contributed by atoms with Crippen molar-refractivity contribution in [1.29, 1.82) is 5.26 Å². The number of aryl methyl sites for hydroxylation is 3. The number of pyridine rings is 1. The number of hydrogen-bond acceptors (Lipinski definition) is 2. The molecular weight excluding hydrogens is 208 g/mol. The minimum atomic E-state index is 0.637. The van der Waals surface area contributed by atoms with Crippen LogP contribution in [0.3, 0.4) is 0 Å². The van der Waals surface area contributed by atoms with Crippen LogP contribution in [0.5, 0.6) is 0 Å². The van der Waals surface area contributed by atoms with Crippen molar-refractivity contribution >= 4 is 0 Å². The van der Waals surface area contributed by atoms with Crippen LogP contribution in [-0.4, -0.2) is 4.98 Å². The predicted octanol–water partition coefficient (Wildman–Crippen LogP) is 3.55. The molecule has 0 radical (unpaired) electrons. The van der Waals surface area contributed by atoms with Crippen molar-refractivity contribution in [2.24, 2.45) is 0 Å². The molecule has 1 aromatic heterocycles. The molecule has 1 aromatic carbocycles. The van der Waals surface area contributed by atoms with E-state index in [0.717, 1.165) is 17.0 Å². The molecule has 0 aliphatic rings. The van der Waals surface area contributed by atoms with Crippen LogP contribution in [0, 0.1) is 32.1 Å². The molecule has 0 saturated carbocycles. The van der Waals surface area contributed by atoms with E-state index in [2.05, 4.69) is 43.1 Å². The van der Waals surface area contributed by atoms with E-state index < -0.39 is 0 Å². The first-order valence-corrected chi connectivity index (χ1v) is 5.57. The second kappa shape index (κ2) is 4.39. The fourth-order valence-corrected chi connectivity index (χ4v) is 1.74. The first-order valence-electron chi connectivity index (χ1n) is 5.57. The first-order chi connectivity index (χ1) is 8.11. The van der Waals surface area contributed by atoms with Gasteiger partial charge in [-0.2, -0.15) is 5.26 Å². The van der Waals surface area contributed by atoms with Gasteiger partial charge in [-0.25, -0.2) is 0 Å². The van der Waals surface area contributed by atoms with Gasteiger partial charge in [0, 0.05) is 5.56 Å². The maximum Gasteiger partial charge on any atom is 0.101 e. The van der Waals surface area contributed by atoms with E-state index in [1.807, 2.05) is 19.1 Å². The largest absolute Gasteiger partial charge is 0.252 e. The number of rotatable bonds is 1. The highest BCUT2D eigenvalue weighted by atomic mass is 14.7. The standard InChI is InChI=1S/C15H14N2/c1-10-4-5-13(8-11(10)2)15-7-6-14(9-16)12(3)17-15/h4-8H,1-3H3. The zero-order chi connectivity index (χ0) is 12.4. The summed E-state index contributed by atoms with van der Waals surface area (Å²) >= 11 is 0. The third-order valence-corrected chi connectivity index (χ3v) is 3.01. The summed E-state index contributed by atoms with van der Waals surface area (Å²) in [6.45, 7) is 6.05. The van der Waals surface area contributed by atoms with Crippen molar-refractivity contribution in [1.82, 2.24) is 4.98 Å². The highest BCUT2D eigenvalue weighted by Crippen LogP contribution is 2.21. The van der Waals surface area contributed by atoms with Crippen LogP contribution in [-0.2, 0) is 0 Å². The molecule has 1 heterocycles. The Balaban J connectivity index is 2.50. The Morgan fingerprint density at radius 3 is 2.35 bits per heavy atom. The summed E-state index contributed by atoms with van der Waals surface area (Å²) in [5.74, 6) is 0. The van der Waals surface area contributed by atoms with Gasteiger partial charge >= 0.3 is 0 Å². The van der Waals surface area contributed by atoms with Crippen LogP contribution in [0.4, 0.5) is 0 Å². The van der Waals surface area contributed by atoms with Crippen molar-refractivity contribution in [3.63, 3.8) is 0 Å². The molecule has 0 saturated heterocycles. The molecule has 0 aliphatic carbocycles. The van der Waals surface area contributed by atoms with Gasteiger partial charge in [0.05, 0.1) is 17.0 Å². The number of aromatic nitrogens is 1. The van der Waals surface area contributed by atoms with Crippen LogP contribution >= 0.6 is 0 Å². The van der Waals surface area contributed by atoms with Crippen LogP contribution in [0.25, 0.3) is 11.3 Å². The summed E-state index contributed by atoms with van der Waals surface area (Å²) < 4.78 is 0. The summed E-state index contributed by atoms with van der Waals surface area (Å²) in [6, 6.07) is 12.1. The number of hydrogen-bond donors (Lipinski definition) is 0. The molecule has 2 heteroatoms. The lowest BCUT2D eigenvalue weighted by Gasteiger charge is -2.06. The Morgan fingerprint density at radius 2 is 1.76 bits per heavy atom. The van der Waals surface area contributed by atoms with Gasteiger partial charge in [0.2, 0.25) is 0 Å². The number of benzene rings is 1. The Bertz CT molecular complexity index is 607. The third kappa shape index (κ3) is 2.19. The number of nitrogens with zero attached hydrogens (tertiary/aromatic N) is 2. The Hall–Kier alpha value is -2.14. The lowest BCUT2D eigenvalue weighted by atomic mass is 10.0. The lowest BCUT2D eigenvalue weighted by molar-refractivity contribution is 1.18. The first kappa shape index (κ1) is 11.3. The Morgan fingerprint density at radius 1 is 1.00 bits per heavy atom. The predicted molar refractivity (Wildman–Crippen MR) is 68.6 cm³/mol. The maximum atomic E-state index is 8.87. The lowest BCUT2D eigenvalue weighted by Crippen LogP contribution is -1.92. The van der Waals surface area contributed by atoms with E-state index in [9.17, 15) is 0 Å². The SMILES string of the molecule is Cc1ccc(-c2ccc(C#N)c(C)n2)cc1C. The topological polar surface area (TPSA) is 36.7 Å². The van der Waals surface area contributed by atoms with E-state index in [0.29, 0.717) is 5.56 Å². The molecule has 17 heavy (non-hydrogen) atoms. The van der Waals surface area contributed by atoms with E-state index >= 15 is 0 Å². The summed E-state index contributed by atoms with van der Waals surface area (Å²) in [7, 11) is 0. The van der Waals surface area contributed by atoms with Crippen LogP contribution in [0.1, 0.15) is 22.4 Å². The second-order valence-corrected chi connectivity index (χ2v) is 4.24. The number of nitriles is 1. The quantitative estimate of drug-likeness (QED) is 0.739. The van der Waals surface area contributed by atoms with E-state index in [-0.39, 0.29) is 0 Å². The molecule has 2 rings (SSSR count). The fourth-order valence-electron chi connectivity index (χ4n) is 1.74. The van der Waals surface area contributed by atoms with E-state index in [4.69, 9.17) is 5.26 Å². The van der Waals surface area contributed by atoms with Crippen molar-refractivity contribution in [3.05, 3.63) is 52.7 Å². The van der Waals surface area contributed by atoms with Gasteiger partial charge in [0.1, 0.15) is 6.07 Å². The van der Waals surface area contributed by atoms with Crippen molar-refractivity contribution in [2.75, 3.05) is 0 Å². The summed E-state index contributed by atoms with van der Waals surface area (Å²) in [4.78, 5) is 4.46. The third-order valence-electron chi connectivity index (χ3n) is 3.01. The summed E-state index contributed by atoms with van der Waals surface area (Å²) in [5, 5.41) is 8.87. The maximum absolute atomic E-state index is 8.87. The molecule has 0 aliphatic heterocycles. The average molecular weight is 222 g/mol. The van der Waals surface area contributed by atoms with Gasteiger partial charge in [-0.05, 0) is 50.1 Å². The van der Waals surface area contributed by atoms with Crippen LogP contribution in [0.15, 0.2) is 30.3 Å². The van der Waals surface area contributed by atoms with E-state index in [1.54, 1.807) is 0 Å². The molecule has 0 N–H and O–H groups in total. The zero-order valence-electron chi connectivity index (χ0n) is 10.3. The van der Waals surface area contributed by atoms with E-state index in [1.165, 1.54) is 11.1 Å². The van der Waals surface area contributed by atoms with Crippen molar-refractivity contribution in [3.8, 4) is 17.3 Å². The Labute approximate surface area is 102 Å². The minimum absolute atomic E-state index is 0.637.